The van der Waals surface area contributed by atoms with Crippen LogP contribution in [0.2, 0.25) is 0 Å². The van der Waals surface area contributed by atoms with E-state index in [-0.39, 0.29) is 17.9 Å². The monoisotopic (exact) mass is 478 g/mol. The summed E-state index contributed by atoms with van der Waals surface area (Å²) in [6.45, 7) is 8.46. The summed E-state index contributed by atoms with van der Waals surface area (Å²) in [5.41, 5.74) is 0.375. The second-order valence-electron chi connectivity index (χ2n) is 9.08. The maximum absolute atomic E-state index is 13.9. The summed E-state index contributed by atoms with van der Waals surface area (Å²) in [7, 11) is 2.80. The number of carbonyl (C=O) groups is 2. The van der Waals surface area contributed by atoms with Gasteiger partial charge in [-0.1, -0.05) is 19.1 Å². The Morgan fingerprint density at radius 1 is 0.882 bits per heavy atom. The Kier molecular flexibility index (Phi) is 9.01. The normalized spacial score (nSPS) is 13.2. The number of hydrogen-bond acceptors (Lipinski definition) is 6. The molecule has 0 aliphatic carbocycles. The molecule has 0 aliphatic heterocycles. The standard InChI is InChI=1S/C26H32F2O6/c1-15(12-23(29)34-26(3,4)5)25(30)33-16(2)24(19-10-8-17(27)13-21(19)31-6)20-11-9-18(28)14-22(20)32-7/h8-11,13-16,24H,12H2,1-7H3/t15-,16+/m1/s1. The van der Waals surface area contributed by atoms with E-state index in [1.807, 2.05) is 0 Å². The summed E-state index contributed by atoms with van der Waals surface area (Å²) in [5, 5.41) is 0. The number of methoxy groups -OCH3 is 2. The molecule has 2 aromatic rings. The van der Waals surface area contributed by atoms with Gasteiger partial charge in [-0.3, -0.25) is 9.59 Å². The molecule has 0 N–H and O–H groups in total. The molecule has 0 bridgehead atoms. The van der Waals surface area contributed by atoms with Crippen LogP contribution in [0.15, 0.2) is 36.4 Å². The maximum atomic E-state index is 13.9. The van der Waals surface area contributed by atoms with E-state index < -0.39 is 47.1 Å². The topological polar surface area (TPSA) is 71.1 Å². The Bertz CT molecular complexity index is 961. The predicted octanol–water partition coefficient (Wildman–Crippen LogP) is 5.41. The number of ether oxygens (including phenoxy) is 4. The summed E-state index contributed by atoms with van der Waals surface area (Å²) in [6, 6.07) is 8.02. The van der Waals surface area contributed by atoms with Gasteiger partial charge in [-0.05, 0) is 39.8 Å². The minimum atomic E-state index is -0.799. The smallest absolute Gasteiger partial charge is 0.309 e. The fraction of sp³-hybridized carbons (Fsp3) is 0.462. The van der Waals surface area contributed by atoms with Crippen LogP contribution in [0.4, 0.5) is 8.78 Å². The Morgan fingerprint density at radius 2 is 1.35 bits per heavy atom. The molecule has 0 radical (unpaired) electrons. The van der Waals surface area contributed by atoms with Crippen molar-refractivity contribution < 1.29 is 37.3 Å². The summed E-state index contributed by atoms with van der Waals surface area (Å²) >= 11 is 0. The third kappa shape index (κ3) is 7.17. The third-order valence-electron chi connectivity index (χ3n) is 5.13. The molecule has 0 spiro atoms. The molecular formula is C26H32F2O6. The van der Waals surface area contributed by atoms with Gasteiger partial charge in [-0.25, -0.2) is 8.78 Å². The second-order valence-corrected chi connectivity index (χ2v) is 9.08. The van der Waals surface area contributed by atoms with Crippen molar-refractivity contribution in [2.24, 2.45) is 5.92 Å². The molecule has 0 saturated heterocycles. The van der Waals surface area contributed by atoms with E-state index in [1.54, 1.807) is 34.6 Å². The van der Waals surface area contributed by atoms with Gasteiger partial charge < -0.3 is 18.9 Å². The van der Waals surface area contributed by atoms with E-state index in [1.165, 1.54) is 50.6 Å². The molecule has 0 saturated carbocycles. The minimum Gasteiger partial charge on any atom is -0.496 e. The molecule has 2 atom stereocenters. The zero-order valence-electron chi connectivity index (χ0n) is 20.6. The van der Waals surface area contributed by atoms with Crippen LogP contribution < -0.4 is 9.47 Å². The zero-order chi connectivity index (χ0) is 25.6. The summed E-state index contributed by atoms with van der Waals surface area (Å²) in [6.07, 6.45) is -0.944. The molecule has 2 rings (SSSR count). The van der Waals surface area contributed by atoms with Crippen molar-refractivity contribution in [2.45, 2.75) is 58.7 Å². The fourth-order valence-electron chi connectivity index (χ4n) is 3.64. The van der Waals surface area contributed by atoms with Crippen LogP contribution in [-0.4, -0.2) is 37.9 Å². The first-order valence-corrected chi connectivity index (χ1v) is 11.0. The average Bonchev–Trinajstić information content (AvgIpc) is 2.74. The molecule has 6 nitrogen and oxygen atoms in total. The number of rotatable bonds is 9. The lowest BCUT2D eigenvalue weighted by Gasteiger charge is -2.28. The van der Waals surface area contributed by atoms with Crippen LogP contribution in [-0.2, 0) is 19.1 Å². The molecule has 0 fully saturated rings. The van der Waals surface area contributed by atoms with Gasteiger partial charge >= 0.3 is 11.9 Å². The second kappa shape index (κ2) is 11.3. The minimum absolute atomic E-state index is 0.146. The van der Waals surface area contributed by atoms with E-state index >= 15 is 0 Å². The van der Waals surface area contributed by atoms with Gasteiger partial charge in [0.25, 0.3) is 0 Å². The molecule has 34 heavy (non-hydrogen) atoms. The van der Waals surface area contributed by atoms with Gasteiger partial charge in [0.1, 0.15) is 34.8 Å². The van der Waals surface area contributed by atoms with E-state index in [9.17, 15) is 18.4 Å². The Balaban J connectivity index is 2.38. The Hall–Kier alpha value is -3.16. The summed E-state index contributed by atoms with van der Waals surface area (Å²) < 4.78 is 49.5. The van der Waals surface area contributed by atoms with E-state index in [0.29, 0.717) is 11.1 Å². The third-order valence-corrected chi connectivity index (χ3v) is 5.13. The van der Waals surface area contributed by atoms with Gasteiger partial charge in [0, 0.05) is 23.3 Å². The molecule has 8 heteroatoms. The number of carbonyl (C=O) groups excluding carboxylic acids is 2. The number of hydrogen-bond donors (Lipinski definition) is 0. The zero-order valence-corrected chi connectivity index (χ0v) is 20.6. The maximum Gasteiger partial charge on any atom is 0.309 e. The highest BCUT2D eigenvalue weighted by atomic mass is 19.1. The Labute approximate surface area is 199 Å². The van der Waals surface area contributed by atoms with Gasteiger partial charge in [-0.2, -0.15) is 0 Å². The molecule has 0 heterocycles. The van der Waals surface area contributed by atoms with Crippen molar-refractivity contribution >= 4 is 11.9 Å². The van der Waals surface area contributed by atoms with Crippen LogP contribution >= 0.6 is 0 Å². The first kappa shape index (κ1) is 27.1. The highest BCUT2D eigenvalue weighted by Gasteiger charge is 2.32. The molecule has 186 valence electrons. The van der Waals surface area contributed by atoms with Crippen molar-refractivity contribution in [3.8, 4) is 11.5 Å². The van der Waals surface area contributed by atoms with Crippen LogP contribution in [0, 0.1) is 17.6 Å². The largest absolute Gasteiger partial charge is 0.496 e. The predicted molar refractivity (Wildman–Crippen MR) is 123 cm³/mol. The molecule has 0 aromatic heterocycles. The van der Waals surface area contributed by atoms with Crippen molar-refractivity contribution in [3.63, 3.8) is 0 Å². The number of benzene rings is 2. The highest BCUT2D eigenvalue weighted by molar-refractivity contribution is 5.80. The summed E-state index contributed by atoms with van der Waals surface area (Å²) in [4.78, 5) is 25.0. The first-order valence-electron chi connectivity index (χ1n) is 11.0. The van der Waals surface area contributed by atoms with Gasteiger partial charge in [0.15, 0.2) is 0 Å². The van der Waals surface area contributed by atoms with Crippen LogP contribution in [0.3, 0.4) is 0 Å². The van der Waals surface area contributed by atoms with Crippen molar-refractivity contribution in [1.29, 1.82) is 0 Å². The fourth-order valence-corrected chi connectivity index (χ4v) is 3.64. The molecule has 0 aliphatic rings. The van der Waals surface area contributed by atoms with Gasteiger partial charge in [-0.15, -0.1) is 0 Å². The van der Waals surface area contributed by atoms with Crippen molar-refractivity contribution in [3.05, 3.63) is 59.2 Å². The lowest BCUT2D eigenvalue weighted by Crippen LogP contribution is -2.30. The number of esters is 2. The molecule has 0 amide bonds. The highest BCUT2D eigenvalue weighted by Crippen LogP contribution is 2.40. The quantitative estimate of drug-likeness (QED) is 0.449. The van der Waals surface area contributed by atoms with Gasteiger partial charge in [0.05, 0.1) is 32.5 Å². The van der Waals surface area contributed by atoms with E-state index in [0.717, 1.165) is 0 Å². The molecular weight excluding hydrogens is 446 g/mol. The molecule has 0 unspecified atom stereocenters. The molecule has 2 aromatic carbocycles. The van der Waals surface area contributed by atoms with E-state index in [4.69, 9.17) is 18.9 Å². The van der Waals surface area contributed by atoms with Crippen molar-refractivity contribution in [1.82, 2.24) is 0 Å². The lowest BCUT2D eigenvalue weighted by atomic mass is 9.85. The lowest BCUT2D eigenvalue weighted by molar-refractivity contribution is -0.163. The Morgan fingerprint density at radius 3 is 1.76 bits per heavy atom. The average molecular weight is 479 g/mol. The van der Waals surface area contributed by atoms with Crippen LogP contribution in [0.5, 0.6) is 11.5 Å². The van der Waals surface area contributed by atoms with Crippen LogP contribution in [0.25, 0.3) is 0 Å². The van der Waals surface area contributed by atoms with Gasteiger partial charge in [0.2, 0.25) is 0 Å². The first-order chi connectivity index (χ1) is 15.9. The van der Waals surface area contributed by atoms with Crippen LogP contribution in [0.1, 0.15) is 58.1 Å². The number of halogens is 2. The SMILES string of the molecule is COc1cc(F)ccc1C(c1ccc(F)cc1OC)[C@H](C)OC(=O)[C@H](C)CC(=O)OC(C)(C)C. The van der Waals surface area contributed by atoms with Crippen molar-refractivity contribution in [2.75, 3.05) is 14.2 Å². The summed E-state index contributed by atoms with van der Waals surface area (Å²) in [5.74, 6) is -3.08. The van der Waals surface area contributed by atoms with E-state index in [2.05, 4.69) is 0 Å².